The lowest BCUT2D eigenvalue weighted by Crippen LogP contribution is -2.33. The second-order valence-electron chi connectivity index (χ2n) is 3.22. The molecule has 0 fully saturated rings. The Kier molecular flexibility index (Phi) is 5.01. The van der Waals surface area contributed by atoms with Crippen LogP contribution in [0.3, 0.4) is 0 Å². The Balaban J connectivity index is 2.46. The Hall–Kier alpha value is -2.73. The van der Waals surface area contributed by atoms with Gasteiger partial charge in [0.05, 0.1) is 0 Å². The minimum atomic E-state index is -1.14. The highest BCUT2D eigenvalue weighted by atomic mass is 16.4. The van der Waals surface area contributed by atoms with Crippen molar-refractivity contribution in [1.82, 2.24) is 10.6 Å². The molecular formula is C10H11N5O3. The van der Waals surface area contributed by atoms with Gasteiger partial charge in [-0.2, -0.15) is 0 Å². The van der Waals surface area contributed by atoms with Crippen LogP contribution in [-0.4, -0.2) is 30.2 Å². The van der Waals surface area contributed by atoms with Crippen molar-refractivity contribution in [3.8, 4) is 0 Å². The lowest BCUT2D eigenvalue weighted by Gasteiger charge is -2.05. The molecule has 0 unspecified atom stereocenters. The molecule has 8 nitrogen and oxygen atoms in total. The van der Waals surface area contributed by atoms with E-state index >= 15 is 0 Å². The molecule has 1 aromatic carbocycles. The summed E-state index contributed by atoms with van der Waals surface area (Å²) in [6.07, 6.45) is -1.14. The molecule has 3 N–H and O–H groups in total. The lowest BCUT2D eigenvalue weighted by molar-refractivity contribution is 0.0953. The van der Waals surface area contributed by atoms with Gasteiger partial charge in [0.25, 0.3) is 5.91 Å². The van der Waals surface area contributed by atoms with Crippen LogP contribution in [0.25, 0.3) is 10.4 Å². The zero-order valence-corrected chi connectivity index (χ0v) is 9.33. The summed E-state index contributed by atoms with van der Waals surface area (Å²) in [7, 11) is 0. The fourth-order valence-corrected chi connectivity index (χ4v) is 1.18. The molecule has 0 heterocycles. The Morgan fingerprint density at radius 1 is 1.22 bits per heavy atom. The van der Waals surface area contributed by atoms with Gasteiger partial charge in [-0.1, -0.05) is 17.2 Å². The number of nitrogens with one attached hydrogen (secondary N) is 2. The normalized spacial score (nSPS) is 9.11. The fourth-order valence-electron chi connectivity index (χ4n) is 1.18. The third-order valence-electron chi connectivity index (χ3n) is 1.98. The first-order chi connectivity index (χ1) is 8.63. The van der Waals surface area contributed by atoms with Gasteiger partial charge in [-0.15, -0.1) is 0 Å². The molecule has 1 rings (SSSR count). The van der Waals surface area contributed by atoms with Gasteiger partial charge in [-0.3, -0.25) is 4.79 Å². The number of carboxylic acid groups (broad SMARTS) is 1. The molecule has 0 saturated heterocycles. The predicted octanol–water partition coefficient (Wildman–Crippen LogP) is 1.63. The van der Waals surface area contributed by atoms with Gasteiger partial charge in [-0.05, 0) is 17.7 Å². The summed E-state index contributed by atoms with van der Waals surface area (Å²) in [6, 6.07) is 6.07. The van der Waals surface area contributed by atoms with E-state index in [1.807, 2.05) is 0 Å². The maximum atomic E-state index is 11.6. The molecule has 0 radical (unpaired) electrons. The Labute approximate surface area is 102 Å². The second-order valence-corrected chi connectivity index (χ2v) is 3.22. The minimum Gasteiger partial charge on any atom is -0.465 e. The number of rotatable bonds is 5. The number of amides is 2. The minimum absolute atomic E-state index is 0.137. The monoisotopic (exact) mass is 249 g/mol. The highest BCUT2D eigenvalue weighted by Gasteiger charge is 2.04. The van der Waals surface area contributed by atoms with Gasteiger partial charge in [0.15, 0.2) is 0 Å². The molecule has 0 aliphatic carbocycles. The van der Waals surface area contributed by atoms with Gasteiger partial charge >= 0.3 is 6.09 Å². The number of benzene rings is 1. The Morgan fingerprint density at radius 2 is 1.83 bits per heavy atom. The van der Waals surface area contributed by atoms with Crippen molar-refractivity contribution < 1.29 is 14.7 Å². The molecule has 0 aromatic heterocycles. The van der Waals surface area contributed by atoms with Crippen LogP contribution < -0.4 is 10.6 Å². The summed E-state index contributed by atoms with van der Waals surface area (Å²) >= 11 is 0. The molecule has 94 valence electrons. The first kappa shape index (κ1) is 13.3. The van der Waals surface area contributed by atoms with Crippen molar-refractivity contribution >= 4 is 17.7 Å². The van der Waals surface area contributed by atoms with Crippen molar-refractivity contribution in [3.05, 3.63) is 40.3 Å². The maximum absolute atomic E-state index is 11.6. The predicted molar refractivity (Wildman–Crippen MR) is 63.6 cm³/mol. The molecule has 1 aromatic rings. The van der Waals surface area contributed by atoms with Gasteiger partial charge in [0, 0.05) is 29.3 Å². The van der Waals surface area contributed by atoms with Crippen LogP contribution in [0.4, 0.5) is 10.5 Å². The van der Waals surface area contributed by atoms with E-state index in [1.54, 1.807) is 0 Å². The van der Waals surface area contributed by atoms with Crippen molar-refractivity contribution in [3.63, 3.8) is 0 Å². The highest BCUT2D eigenvalue weighted by molar-refractivity contribution is 5.94. The summed E-state index contributed by atoms with van der Waals surface area (Å²) in [5.41, 5.74) is 9.03. The smallest absolute Gasteiger partial charge is 0.404 e. The van der Waals surface area contributed by atoms with E-state index in [-0.39, 0.29) is 19.0 Å². The summed E-state index contributed by atoms with van der Waals surface area (Å²) in [5.74, 6) is -0.324. The standard InChI is InChI=1S/C10H11N5O3/c11-15-14-8-3-1-7(2-4-8)9(16)12-5-6-13-10(17)18/h1-4,13H,5-6H2,(H,12,16)(H,17,18). The third-order valence-corrected chi connectivity index (χ3v) is 1.98. The highest BCUT2D eigenvalue weighted by Crippen LogP contribution is 2.12. The maximum Gasteiger partial charge on any atom is 0.404 e. The summed E-state index contributed by atoms with van der Waals surface area (Å²) in [6.45, 7) is 0.334. The van der Waals surface area contributed by atoms with E-state index in [9.17, 15) is 9.59 Å². The average Bonchev–Trinajstić information content (AvgIpc) is 2.35. The van der Waals surface area contributed by atoms with Crippen LogP contribution >= 0.6 is 0 Å². The summed E-state index contributed by atoms with van der Waals surface area (Å²) < 4.78 is 0. The molecule has 18 heavy (non-hydrogen) atoms. The van der Waals surface area contributed by atoms with Crippen LogP contribution in [0.1, 0.15) is 10.4 Å². The number of hydrogen-bond donors (Lipinski definition) is 3. The molecule has 0 aliphatic heterocycles. The second kappa shape index (κ2) is 6.77. The molecule has 0 bridgehead atoms. The van der Waals surface area contributed by atoms with Crippen molar-refractivity contribution in [2.24, 2.45) is 5.11 Å². The molecular weight excluding hydrogens is 238 g/mol. The largest absolute Gasteiger partial charge is 0.465 e. The molecule has 0 aliphatic rings. The van der Waals surface area contributed by atoms with E-state index < -0.39 is 6.09 Å². The van der Waals surface area contributed by atoms with Crippen molar-refractivity contribution in [1.29, 1.82) is 0 Å². The molecule has 8 heteroatoms. The van der Waals surface area contributed by atoms with Gasteiger partial charge in [0.1, 0.15) is 0 Å². The zero-order valence-electron chi connectivity index (χ0n) is 9.33. The van der Waals surface area contributed by atoms with E-state index in [2.05, 4.69) is 20.7 Å². The SMILES string of the molecule is [N-]=[N+]=Nc1ccc(C(=O)NCCNC(=O)O)cc1. The van der Waals surface area contributed by atoms with Crippen LogP contribution in [0.5, 0.6) is 0 Å². The lowest BCUT2D eigenvalue weighted by atomic mass is 10.2. The van der Waals surface area contributed by atoms with Crippen molar-refractivity contribution in [2.45, 2.75) is 0 Å². The molecule has 2 amide bonds. The van der Waals surface area contributed by atoms with Gasteiger partial charge in [0.2, 0.25) is 0 Å². The molecule has 0 spiro atoms. The number of hydrogen-bond acceptors (Lipinski definition) is 3. The van der Waals surface area contributed by atoms with Crippen LogP contribution in [0, 0.1) is 0 Å². The Bertz CT molecular complexity index is 479. The van der Waals surface area contributed by atoms with Crippen LogP contribution in [0.2, 0.25) is 0 Å². The number of nitrogens with zero attached hydrogens (tertiary/aromatic N) is 3. The van der Waals surface area contributed by atoms with Crippen molar-refractivity contribution in [2.75, 3.05) is 13.1 Å². The summed E-state index contributed by atoms with van der Waals surface area (Å²) in [5, 5.41) is 16.4. The topological polar surface area (TPSA) is 127 Å². The third kappa shape index (κ3) is 4.42. The Morgan fingerprint density at radius 3 is 2.39 bits per heavy atom. The summed E-state index contributed by atoms with van der Waals surface area (Å²) in [4.78, 5) is 24.3. The first-order valence-electron chi connectivity index (χ1n) is 5.03. The van der Waals surface area contributed by atoms with E-state index in [0.717, 1.165) is 0 Å². The zero-order chi connectivity index (χ0) is 13.4. The first-order valence-corrected chi connectivity index (χ1v) is 5.03. The van der Waals surface area contributed by atoms with E-state index in [0.29, 0.717) is 11.3 Å². The average molecular weight is 249 g/mol. The van der Waals surface area contributed by atoms with Gasteiger partial charge < -0.3 is 15.7 Å². The van der Waals surface area contributed by atoms with E-state index in [1.165, 1.54) is 24.3 Å². The molecule has 0 saturated carbocycles. The molecule has 0 atom stereocenters. The number of carbonyl (C=O) groups is 2. The number of carbonyl (C=O) groups excluding carboxylic acids is 1. The quantitative estimate of drug-likeness (QED) is 0.317. The van der Waals surface area contributed by atoms with Crippen LogP contribution in [-0.2, 0) is 0 Å². The van der Waals surface area contributed by atoms with Crippen LogP contribution in [0.15, 0.2) is 29.4 Å². The fraction of sp³-hybridized carbons (Fsp3) is 0.200. The number of azide groups is 1. The van der Waals surface area contributed by atoms with Gasteiger partial charge in [-0.25, -0.2) is 4.79 Å². The van der Waals surface area contributed by atoms with E-state index in [4.69, 9.17) is 10.6 Å².